The number of nitro benzene ring substituents is 1. The SMILES string of the molecule is COc1cccc(C(NC(=O)COc2ccc([N+](=O)[O-])cc2)c2nccn2C)c1. The van der Waals surface area contributed by atoms with Gasteiger partial charge in [-0.15, -0.1) is 0 Å². The third-order valence-corrected chi connectivity index (χ3v) is 4.27. The van der Waals surface area contributed by atoms with Gasteiger partial charge in [0.1, 0.15) is 23.4 Å². The predicted molar refractivity (Wildman–Crippen MR) is 105 cm³/mol. The first kappa shape index (κ1) is 19.9. The maximum absolute atomic E-state index is 12.5. The van der Waals surface area contributed by atoms with Crippen molar-refractivity contribution in [3.8, 4) is 11.5 Å². The summed E-state index contributed by atoms with van der Waals surface area (Å²) >= 11 is 0. The van der Waals surface area contributed by atoms with Gasteiger partial charge in [0.2, 0.25) is 0 Å². The van der Waals surface area contributed by atoms with Gasteiger partial charge < -0.3 is 19.4 Å². The molecule has 9 heteroatoms. The molecule has 2 aromatic carbocycles. The molecule has 1 heterocycles. The van der Waals surface area contributed by atoms with Crippen molar-refractivity contribution in [2.24, 2.45) is 7.05 Å². The average molecular weight is 396 g/mol. The molecule has 0 aliphatic heterocycles. The summed E-state index contributed by atoms with van der Waals surface area (Å²) in [6.07, 6.45) is 3.45. The van der Waals surface area contributed by atoms with Crippen LogP contribution in [0.15, 0.2) is 60.9 Å². The molecule has 0 bridgehead atoms. The fraction of sp³-hybridized carbons (Fsp3) is 0.200. The molecule has 3 aromatic rings. The first-order valence-corrected chi connectivity index (χ1v) is 8.75. The van der Waals surface area contributed by atoms with Crippen molar-refractivity contribution in [3.05, 3.63) is 82.4 Å². The second-order valence-electron chi connectivity index (χ2n) is 6.21. The molecule has 0 aliphatic rings. The van der Waals surface area contributed by atoms with Gasteiger partial charge in [-0.25, -0.2) is 4.98 Å². The van der Waals surface area contributed by atoms with Crippen LogP contribution in [0.25, 0.3) is 0 Å². The van der Waals surface area contributed by atoms with Crippen LogP contribution in [0.2, 0.25) is 0 Å². The molecule has 0 spiro atoms. The topological polar surface area (TPSA) is 109 Å². The third kappa shape index (κ3) is 4.89. The smallest absolute Gasteiger partial charge is 0.269 e. The number of amides is 1. The zero-order valence-corrected chi connectivity index (χ0v) is 15.9. The summed E-state index contributed by atoms with van der Waals surface area (Å²) < 4.78 is 12.5. The number of hydrogen-bond donors (Lipinski definition) is 1. The molecule has 0 saturated carbocycles. The average Bonchev–Trinajstić information content (AvgIpc) is 3.16. The minimum atomic E-state index is -0.502. The Kier molecular flexibility index (Phi) is 6.08. The molecule has 0 aliphatic carbocycles. The van der Waals surface area contributed by atoms with Gasteiger partial charge in [-0.2, -0.15) is 0 Å². The van der Waals surface area contributed by atoms with Gasteiger partial charge in [0, 0.05) is 31.6 Å². The van der Waals surface area contributed by atoms with E-state index in [4.69, 9.17) is 9.47 Å². The van der Waals surface area contributed by atoms with E-state index in [1.807, 2.05) is 35.9 Å². The maximum Gasteiger partial charge on any atom is 0.269 e. The van der Waals surface area contributed by atoms with Crippen molar-refractivity contribution in [1.82, 2.24) is 14.9 Å². The summed E-state index contributed by atoms with van der Waals surface area (Å²) in [6.45, 7) is -0.247. The Labute approximate surface area is 167 Å². The number of ether oxygens (including phenoxy) is 2. The number of imidazole rings is 1. The molecule has 1 amide bonds. The summed E-state index contributed by atoms with van der Waals surface area (Å²) in [7, 11) is 3.42. The van der Waals surface area contributed by atoms with Crippen molar-refractivity contribution in [3.63, 3.8) is 0 Å². The molecule has 0 radical (unpaired) electrons. The van der Waals surface area contributed by atoms with Gasteiger partial charge >= 0.3 is 0 Å². The number of carbonyl (C=O) groups is 1. The zero-order chi connectivity index (χ0) is 20.8. The largest absolute Gasteiger partial charge is 0.497 e. The van der Waals surface area contributed by atoms with Crippen molar-refractivity contribution < 1.29 is 19.2 Å². The highest BCUT2D eigenvalue weighted by molar-refractivity contribution is 5.78. The highest BCUT2D eigenvalue weighted by Crippen LogP contribution is 2.24. The number of carbonyl (C=O) groups excluding carboxylic acids is 1. The molecule has 0 saturated heterocycles. The summed E-state index contributed by atoms with van der Waals surface area (Å²) in [4.78, 5) is 27.1. The number of aryl methyl sites for hydroxylation is 1. The van der Waals surface area contributed by atoms with Crippen LogP contribution in [0.4, 0.5) is 5.69 Å². The summed E-state index contributed by atoms with van der Waals surface area (Å²) in [6, 6.07) is 12.4. The molecule has 1 N–H and O–H groups in total. The molecule has 9 nitrogen and oxygen atoms in total. The summed E-state index contributed by atoms with van der Waals surface area (Å²) in [5.74, 6) is 1.32. The number of non-ortho nitro benzene ring substituents is 1. The lowest BCUT2D eigenvalue weighted by molar-refractivity contribution is -0.384. The lowest BCUT2D eigenvalue weighted by Crippen LogP contribution is -2.34. The Morgan fingerprint density at radius 2 is 2.00 bits per heavy atom. The Hall–Kier alpha value is -3.88. The van der Waals surface area contributed by atoms with Gasteiger partial charge in [0.05, 0.1) is 12.0 Å². The Bertz CT molecular complexity index is 1000. The molecule has 3 rings (SSSR count). The van der Waals surface area contributed by atoms with Crippen molar-refractivity contribution >= 4 is 11.6 Å². The van der Waals surface area contributed by atoms with E-state index in [9.17, 15) is 14.9 Å². The van der Waals surface area contributed by atoms with Gasteiger partial charge in [-0.1, -0.05) is 12.1 Å². The Morgan fingerprint density at radius 1 is 1.24 bits per heavy atom. The number of benzene rings is 2. The quantitative estimate of drug-likeness (QED) is 0.463. The molecule has 1 unspecified atom stereocenters. The van der Waals surface area contributed by atoms with E-state index in [-0.39, 0.29) is 18.2 Å². The van der Waals surface area contributed by atoms with E-state index in [0.717, 1.165) is 5.56 Å². The number of nitrogens with one attached hydrogen (secondary N) is 1. The lowest BCUT2D eigenvalue weighted by Gasteiger charge is -2.20. The normalized spacial score (nSPS) is 11.5. The molecule has 29 heavy (non-hydrogen) atoms. The number of nitro groups is 1. The van der Waals surface area contributed by atoms with Crippen LogP contribution in [0.1, 0.15) is 17.4 Å². The highest BCUT2D eigenvalue weighted by Gasteiger charge is 2.21. The number of rotatable bonds is 8. The van der Waals surface area contributed by atoms with Crippen LogP contribution in [0.3, 0.4) is 0 Å². The van der Waals surface area contributed by atoms with Crippen molar-refractivity contribution in [1.29, 1.82) is 0 Å². The van der Waals surface area contributed by atoms with Crippen LogP contribution in [0, 0.1) is 10.1 Å². The van der Waals surface area contributed by atoms with Crippen molar-refractivity contribution in [2.75, 3.05) is 13.7 Å². The zero-order valence-electron chi connectivity index (χ0n) is 15.9. The summed E-state index contributed by atoms with van der Waals surface area (Å²) in [5.41, 5.74) is 0.761. The predicted octanol–water partition coefficient (Wildman–Crippen LogP) is 2.62. The standard InChI is InChI=1S/C20H20N4O5/c1-23-11-10-21-20(23)19(14-4-3-5-17(12-14)28-2)22-18(25)13-29-16-8-6-15(7-9-16)24(26)27/h3-12,19H,13H2,1-2H3,(H,22,25). The lowest BCUT2D eigenvalue weighted by atomic mass is 10.1. The first-order valence-electron chi connectivity index (χ1n) is 8.75. The number of hydrogen-bond acceptors (Lipinski definition) is 6. The molecule has 1 atom stereocenters. The van der Waals surface area contributed by atoms with Crippen LogP contribution in [-0.2, 0) is 11.8 Å². The number of nitrogens with zero attached hydrogens (tertiary/aromatic N) is 3. The van der Waals surface area contributed by atoms with E-state index in [1.54, 1.807) is 19.5 Å². The van der Waals surface area contributed by atoms with Gasteiger partial charge in [0.25, 0.3) is 11.6 Å². The van der Waals surface area contributed by atoms with Crippen LogP contribution in [0.5, 0.6) is 11.5 Å². The van der Waals surface area contributed by atoms with E-state index >= 15 is 0 Å². The van der Waals surface area contributed by atoms with Gasteiger partial charge in [-0.05, 0) is 29.8 Å². The monoisotopic (exact) mass is 396 g/mol. The van der Waals surface area contributed by atoms with E-state index < -0.39 is 11.0 Å². The molecular formula is C20H20N4O5. The molecule has 150 valence electrons. The number of methoxy groups -OCH3 is 1. The molecular weight excluding hydrogens is 376 g/mol. The fourth-order valence-corrected chi connectivity index (χ4v) is 2.79. The molecule has 1 aromatic heterocycles. The van der Waals surface area contributed by atoms with E-state index in [2.05, 4.69) is 10.3 Å². The fourth-order valence-electron chi connectivity index (χ4n) is 2.79. The Morgan fingerprint density at radius 3 is 2.62 bits per heavy atom. The minimum absolute atomic E-state index is 0.0466. The van der Waals surface area contributed by atoms with E-state index in [1.165, 1.54) is 24.3 Å². The van der Waals surface area contributed by atoms with Crippen LogP contribution >= 0.6 is 0 Å². The van der Waals surface area contributed by atoms with Crippen molar-refractivity contribution in [2.45, 2.75) is 6.04 Å². The highest BCUT2D eigenvalue weighted by atomic mass is 16.6. The van der Waals surface area contributed by atoms with Gasteiger partial charge in [-0.3, -0.25) is 14.9 Å². The Balaban J connectivity index is 1.72. The second kappa shape index (κ2) is 8.87. The molecule has 0 fully saturated rings. The first-order chi connectivity index (χ1) is 14.0. The maximum atomic E-state index is 12.5. The minimum Gasteiger partial charge on any atom is -0.497 e. The van der Waals surface area contributed by atoms with E-state index in [0.29, 0.717) is 17.3 Å². The number of aromatic nitrogens is 2. The van der Waals surface area contributed by atoms with Gasteiger partial charge in [0.15, 0.2) is 6.61 Å². The third-order valence-electron chi connectivity index (χ3n) is 4.27. The van der Waals surface area contributed by atoms with Crippen LogP contribution in [-0.4, -0.2) is 34.1 Å². The second-order valence-corrected chi connectivity index (χ2v) is 6.21. The summed E-state index contributed by atoms with van der Waals surface area (Å²) in [5, 5.41) is 13.6. The van der Waals surface area contributed by atoms with Crippen LogP contribution < -0.4 is 14.8 Å².